The minimum atomic E-state index is -0.991. The molecule has 2 aromatic heterocycles. The molecule has 10 heteroatoms. The molecule has 182 valence electrons. The number of halogens is 2. The molecule has 0 aliphatic heterocycles. The van der Waals surface area contributed by atoms with Gasteiger partial charge in [0.05, 0.1) is 23.1 Å². The van der Waals surface area contributed by atoms with E-state index in [1.54, 1.807) is 45.2 Å². The lowest BCUT2D eigenvalue weighted by Gasteiger charge is -2.25. The fourth-order valence-electron chi connectivity index (χ4n) is 3.76. The van der Waals surface area contributed by atoms with Gasteiger partial charge in [-0.05, 0) is 43.7 Å². The van der Waals surface area contributed by atoms with E-state index in [1.807, 2.05) is 0 Å². The number of likely N-dealkylation sites (N-methyl/N-ethyl adjacent to an activating group) is 1. The van der Waals surface area contributed by atoms with Gasteiger partial charge in [-0.1, -0.05) is 18.2 Å². The van der Waals surface area contributed by atoms with E-state index < -0.39 is 17.2 Å². The van der Waals surface area contributed by atoms with Gasteiger partial charge in [0, 0.05) is 25.5 Å². The number of amides is 1. The molecule has 0 saturated heterocycles. The van der Waals surface area contributed by atoms with Gasteiger partial charge >= 0.3 is 0 Å². The summed E-state index contributed by atoms with van der Waals surface area (Å²) in [5, 5.41) is 23.5. The Balaban J connectivity index is 1.60. The summed E-state index contributed by atoms with van der Waals surface area (Å²) in [6, 6.07) is 10.4. The van der Waals surface area contributed by atoms with Crippen molar-refractivity contribution in [3.8, 4) is 17.3 Å². The number of aromatic nitrogens is 3. The molecule has 0 atom stereocenters. The zero-order chi connectivity index (χ0) is 25.3. The number of nitrogens with one attached hydrogen (secondary N) is 2. The molecule has 2 aromatic carbocycles. The quantitative estimate of drug-likeness (QED) is 0.316. The summed E-state index contributed by atoms with van der Waals surface area (Å²) in [6.07, 6.45) is 1.57. The average molecular weight is 482 g/mol. The highest BCUT2D eigenvalue weighted by Crippen LogP contribution is 2.34. The van der Waals surface area contributed by atoms with Crippen LogP contribution in [0.3, 0.4) is 0 Å². The summed E-state index contributed by atoms with van der Waals surface area (Å²) in [5.74, 6) is -1.97. The van der Waals surface area contributed by atoms with Crippen molar-refractivity contribution in [2.75, 3.05) is 18.9 Å². The Morgan fingerprint density at radius 1 is 1.11 bits per heavy atom. The maximum absolute atomic E-state index is 14.4. The number of aromatic hydroxyl groups is 1. The molecule has 35 heavy (non-hydrogen) atoms. The molecule has 2 heterocycles. The highest BCUT2D eigenvalue weighted by Gasteiger charge is 2.21. The first-order valence-electron chi connectivity index (χ1n) is 10.9. The molecule has 0 spiro atoms. The molecule has 0 saturated carbocycles. The zero-order valence-electron chi connectivity index (χ0n) is 19.4. The minimum absolute atomic E-state index is 0.140. The van der Waals surface area contributed by atoms with Gasteiger partial charge < -0.3 is 25.4 Å². The van der Waals surface area contributed by atoms with Crippen LogP contribution in [0.25, 0.3) is 22.3 Å². The summed E-state index contributed by atoms with van der Waals surface area (Å²) >= 11 is 0. The second-order valence-electron chi connectivity index (χ2n) is 8.95. The first-order chi connectivity index (χ1) is 16.5. The first-order valence-corrected chi connectivity index (χ1v) is 10.9. The van der Waals surface area contributed by atoms with Crippen molar-refractivity contribution in [2.45, 2.75) is 25.9 Å². The Morgan fingerprint density at radius 2 is 1.77 bits per heavy atom. The second kappa shape index (κ2) is 9.30. The monoisotopic (exact) mass is 481 g/mol. The average Bonchev–Trinajstić information content (AvgIpc) is 3.15. The van der Waals surface area contributed by atoms with Gasteiger partial charge in [-0.2, -0.15) is 0 Å². The smallest absolute Gasteiger partial charge is 0.226 e. The summed E-state index contributed by atoms with van der Waals surface area (Å²) in [4.78, 5) is 25.0. The number of fused-ring (bicyclic) bond motifs is 1. The number of hydrogen-bond donors (Lipinski definition) is 4. The number of carbonyl (C=O) groups excluding carboxylic acids is 1. The molecule has 0 unspecified atom stereocenters. The maximum Gasteiger partial charge on any atom is 0.226 e. The van der Waals surface area contributed by atoms with Crippen LogP contribution in [-0.2, 0) is 11.2 Å². The van der Waals surface area contributed by atoms with E-state index in [-0.39, 0.29) is 52.9 Å². The molecule has 4 rings (SSSR count). The molecule has 4 aromatic rings. The highest BCUT2D eigenvalue weighted by atomic mass is 19.1. The van der Waals surface area contributed by atoms with Crippen LogP contribution in [0.2, 0.25) is 0 Å². The fourth-order valence-corrected chi connectivity index (χ4v) is 3.76. The predicted octanol–water partition coefficient (Wildman–Crippen LogP) is 4.12. The Labute approximate surface area is 200 Å². The molecule has 1 amide bonds. The Bertz CT molecular complexity index is 1360. The number of aliphatic hydroxyl groups is 1. The highest BCUT2D eigenvalue weighted by molar-refractivity contribution is 5.96. The first kappa shape index (κ1) is 24.1. The predicted molar refractivity (Wildman–Crippen MR) is 128 cm³/mol. The number of hydrogen-bond acceptors (Lipinski definition) is 6. The van der Waals surface area contributed by atoms with Crippen molar-refractivity contribution < 1.29 is 23.8 Å². The van der Waals surface area contributed by atoms with E-state index in [0.717, 1.165) is 17.7 Å². The number of aromatic amines is 1. The molecule has 0 aliphatic carbocycles. The van der Waals surface area contributed by atoms with Gasteiger partial charge in [-0.15, -0.1) is 0 Å². The van der Waals surface area contributed by atoms with Gasteiger partial charge in [0.1, 0.15) is 22.8 Å². The van der Waals surface area contributed by atoms with Crippen molar-refractivity contribution in [3.05, 3.63) is 65.9 Å². The molecule has 0 fully saturated rings. The molecule has 0 radical (unpaired) electrons. The van der Waals surface area contributed by atoms with E-state index in [2.05, 4.69) is 20.3 Å². The Hall–Kier alpha value is -4.05. The molecule has 0 bridgehead atoms. The van der Waals surface area contributed by atoms with Crippen molar-refractivity contribution in [2.24, 2.45) is 0 Å². The topological polar surface area (TPSA) is 114 Å². The van der Waals surface area contributed by atoms with Crippen LogP contribution in [0.4, 0.5) is 20.3 Å². The van der Waals surface area contributed by atoms with Crippen molar-refractivity contribution in [3.63, 3.8) is 0 Å². The van der Waals surface area contributed by atoms with Crippen molar-refractivity contribution in [1.82, 2.24) is 19.9 Å². The normalized spacial score (nSPS) is 11.6. The molecule has 0 aliphatic rings. The Morgan fingerprint density at radius 3 is 2.40 bits per heavy atom. The van der Waals surface area contributed by atoms with Crippen LogP contribution in [0, 0.1) is 11.6 Å². The van der Waals surface area contributed by atoms with E-state index in [9.17, 15) is 23.8 Å². The largest absolute Gasteiger partial charge is 0.494 e. The van der Waals surface area contributed by atoms with Crippen LogP contribution >= 0.6 is 0 Å². The summed E-state index contributed by atoms with van der Waals surface area (Å²) in [6.45, 7) is 3.48. The third kappa shape index (κ3) is 5.38. The standard InChI is InChI=1S/C25H25F2N5O3/c1-25(2,35)13-32(3)19(33)11-14-7-9-15(10-8-14)29-23-21-18(12-28-24(21)34)30-22(31-23)20-16(26)5-4-6-17(20)27/h4-10,12,28,34-35H,11,13H2,1-3H3,(H,29,30,31). The maximum atomic E-state index is 14.4. The number of nitrogens with zero attached hydrogens (tertiary/aromatic N) is 3. The number of rotatable bonds is 7. The lowest BCUT2D eigenvalue weighted by molar-refractivity contribution is -0.131. The number of benzene rings is 2. The SMILES string of the molecule is CN(CC(C)(C)O)C(=O)Cc1ccc(Nc2nc(-c3c(F)cccc3F)nc3c[nH]c(O)c23)cc1. The summed E-state index contributed by atoms with van der Waals surface area (Å²) in [7, 11) is 1.63. The van der Waals surface area contributed by atoms with Crippen molar-refractivity contribution in [1.29, 1.82) is 0 Å². The van der Waals surface area contributed by atoms with Gasteiger partial charge in [-0.3, -0.25) is 4.79 Å². The lowest BCUT2D eigenvalue weighted by atomic mass is 10.1. The minimum Gasteiger partial charge on any atom is -0.494 e. The third-order valence-electron chi connectivity index (χ3n) is 5.33. The van der Waals surface area contributed by atoms with Crippen LogP contribution in [-0.4, -0.2) is 55.2 Å². The second-order valence-corrected chi connectivity index (χ2v) is 8.95. The van der Waals surface area contributed by atoms with Gasteiger partial charge in [-0.25, -0.2) is 18.7 Å². The Kier molecular flexibility index (Phi) is 6.40. The van der Waals surface area contributed by atoms with Crippen LogP contribution in [0.5, 0.6) is 5.88 Å². The van der Waals surface area contributed by atoms with Crippen LogP contribution < -0.4 is 5.32 Å². The summed E-state index contributed by atoms with van der Waals surface area (Å²) < 4.78 is 28.7. The molecular weight excluding hydrogens is 456 g/mol. The summed E-state index contributed by atoms with van der Waals surface area (Å²) in [5.41, 5.74) is 0.244. The molecule has 8 nitrogen and oxygen atoms in total. The van der Waals surface area contributed by atoms with Crippen LogP contribution in [0.1, 0.15) is 19.4 Å². The van der Waals surface area contributed by atoms with Gasteiger partial charge in [0.25, 0.3) is 0 Å². The molecular formula is C25H25F2N5O3. The third-order valence-corrected chi connectivity index (χ3v) is 5.33. The number of H-pyrrole nitrogens is 1. The fraction of sp³-hybridized carbons (Fsp3) is 0.240. The number of carbonyl (C=O) groups is 1. The van der Waals surface area contributed by atoms with Crippen molar-refractivity contribution >= 4 is 28.3 Å². The van der Waals surface area contributed by atoms with E-state index in [0.29, 0.717) is 5.69 Å². The van der Waals surface area contributed by atoms with Gasteiger partial charge in [0.2, 0.25) is 11.8 Å². The van der Waals surface area contributed by atoms with Gasteiger partial charge in [0.15, 0.2) is 5.82 Å². The van der Waals surface area contributed by atoms with E-state index in [4.69, 9.17) is 0 Å². The van der Waals surface area contributed by atoms with Crippen LogP contribution in [0.15, 0.2) is 48.7 Å². The van der Waals surface area contributed by atoms with E-state index in [1.165, 1.54) is 17.2 Å². The van der Waals surface area contributed by atoms with E-state index >= 15 is 0 Å². The molecule has 4 N–H and O–H groups in total. The zero-order valence-corrected chi connectivity index (χ0v) is 19.4. The lowest BCUT2D eigenvalue weighted by Crippen LogP contribution is -2.40. The number of anilines is 2.